The number of rotatable bonds is 4. The number of nitrogens with one attached hydrogen (secondary N) is 1. The second kappa shape index (κ2) is 5.63. The van der Waals surface area contributed by atoms with Gasteiger partial charge in [-0.25, -0.2) is 9.07 Å². The lowest BCUT2D eigenvalue weighted by Crippen LogP contribution is -2.43. The highest BCUT2D eigenvalue weighted by atomic mass is 19.1. The van der Waals surface area contributed by atoms with Crippen molar-refractivity contribution in [2.45, 2.75) is 39.7 Å². The van der Waals surface area contributed by atoms with Crippen LogP contribution in [-0.4, -0.2) is 26.4 Å². The first kappa shape index (κ1) is 15.2. The van der Waals surface area contributed by atoms with Crippen LogP contribution in [0.4, 0.5) is 4.39 Å². The van der Waals surface area contributed by atoms with Gasteiger partial charge in [0.05, 0.1) is 11.4 Å². The van der Waals surface area contributed by atoms with Gasteiger partial charge in [-0.2, -0.15) is 0 Å². The topological polar surface area (TPSA) is 59.8 Å². The van der Waals surface area contributed by atoms with Crippen LogP contribution in [0.3, 0.4) is 0 Å². The summed E-state index contributed by atoms with van der Waals surface area (Å²) in [6.07, 6.45) is 0.809. The first-order valence-electron chi connectivity index (χ1n) is 6.85. The number of hydrogen-bond acceptors (Lipinski definition) is 3. The molecule has 6 heteroatoms. The first-order chi connectivity index (χ1) is 9.84. The Bertz CT molecular complexity index is 646. The van der Waals surface area contributed by atoms with Crippen LogP contribution in [-0.2, 0) is 0 Å². The zero-order chi connectivity index (χ0) is 15.6. The summed E-state index contributed by atoms with van der Waals surface area (Å²) in [5.74, 6) is -0.577. The molecule has 0 aliphatic rings. The molecule has 2 aromatic rings. The van der Waals surface area contributed by atoms with Gasteiger partial charge in [0.25, 0.3) is 5.91 Å². The molecule has 5 nitrogen and oxygen atoms in total. The summed E-state index contributed by atoms with van der Waals surface area (Å²) >= 11 is 0. The molecular weight excluding hydrogens is 271 g/mol. The van der Waals surface area contributed by atoms with Crippen molar-refractivity contribution in [3.63, 3.8) is 0 Å². The molecule has 1 heterocycles. The standard InChI is InChI=1S/C15H19FN4O/c1-5-15(3,4)17-14(21)13-10(2)20(19-18-13)12-8-6-11(16)7-9-12/h6-9H,5H2,1-4H3,(H,17,21). The van der Waals surface area contributed by atoms with E-state index in [2.05, 4.69) is 15.6 Å². The lowest BCUT2D eigenvalue weighted by atomic mass is 10.0. The van der Waals surface area contributed by atoms with Gasteiger partial charge in [0.1, 0.15) is 5.82 Å². The Morgan fingerprint density at radius 2 is 1.95 bits per heavy atom. The number of carbonyl (C=O) groups is 1. The van der Waals surface area contributed by atoms with Crippen molar-refractivity contribution in [3.8, 4) is 5.69 Å². The van der Waals surface area contributed by atoms with Crippen LogP contribution in [0.5, 0.6) is 0 Å². The monoisotopic (exact) mass is 290 g/mol. The molecule has 0 atom stereocenters. The van der Waals surface area contributed by atoms with E-state index in [9.17, 15) is 9.18 Å². The van der Waals surface area contributed by atoms with Crippen molar-refractivity contribution in [2.75, 3.05) is 0 Å². The van der Waals surface area contributed by atoms with Crippen LogP contribution in [0.1, 0.15) is 43.4 Å². The van der Waals surface area contributed by atoms with Crippen LogP contribution in [0.25, 0.3) is 5.69 Å². The van der Waals surface area contributed by atoms with Gasteiger partial charge in [0.2, 0.25) is 0 Å². The molecule has 0 aliphatic heterocycles. The van der Waals surface area contributed by atoms with E-state index in [-0.39, 0.29) is 23.0 Å². The number of carbonyl (C=O) groups excluding carboxylic acids is 1. The number of halogens is 1. The minimum Gasteiger partial charge on any atom is -0.346 e. The zero-order valence-electron chi connectivity index (χ0n) is 12.6. The van der Waals surface area contributed by atoms with Crippen LogP contribution in [0.2, 0.25) is 0 Å². The Balaban J connectivity index is 2.28. The minimum absolute atomic E-state index is 0.257. The van der Waals surface area contributed by atoms with Gasteiger partial charge in [-0.3, -0.25) is 4.79 Å². The smallest absolute Gasteiger partial charge is 0.274 e. The maximum atomic E-state index is 13.0. The normalized spacial score (nSPS) is 11.5. The molecule has 0 fully saturated rings. The maximum Gasteiger partial charge on any atom is 0.274 e. The first-order valence-corrected chi connectivity index (χ1v) is 6.85. The van der Waals surface area contributed by atoms with E-state index in [0.29, 0.717) is 11.4 Å². The van der Waals surface area contributed by atoms with Gasteiger partial charge in [-0.05, 0) is 51.5 Å². The molecular formula is C15H19FN4O. The molecule has 0 unspecified atom stereocenters. The molecule has 0 saturated heterocycles. The molecule has 2 rings (SSSR count). The highest BCUT2D eigenvalue weighted by molar-refractivity contribution is 5.93. The van der Waals surface area contributed by atoms with Crippen LogP contribution in [0, 0.1) is 12.7 Å². The van der Waals surface area contributed by atoms with Crippen molar-refractivity contribution < 1.29 is 9.18 Å². The third kappa shape index (κ3) is 3.26. The SMILES string of the molecule is CCC(C)(C)NC(=O)c1nnn(-c2ccc(F)cc2)c1C. The predicted molar refractivity (Wildman–Crippen MR) is 77.9 cm³/mol. The quantitative estimate of drug-likeness (QED) is 0.941. The Morgan fingerprint density at radius 1 is 1.33 bits per heavy atom. The number of hydrogen-bond donors (Lipinski definition) is 1. The van der Waals surface area contributed by atoms with Gasteiger partial charge in [-0.15, -0.1) is 5.10 Å². The molecule has 0 radical (unpaired) electrons. The van der Waals surface area contributed by atoms with E-state index in [1.54, 1.807) is 19.1 Å². The summed E-state index contributed by atoms with van der Waals surface area (Å²) in [6, 6.07) is 5.87. The van der Waals surface area contributed by atoms with Crippen LogP contribution >= 0.6 is 0 Å². The van der Waals surface area contributed by atoms with Crippen LogP contribution < -0.4 is 5.32 Å². The number of nitrogens with zero attached hydrogens (tertiary/aromatic N) is 3. The van der Waals surface area contributed by atoms with Crippen molar-refractivity contribution in [3.05, 3.63) is 41.5 Å². The maximum absolute atomic E-state index is 13.0. The Labute approximate surface area is 123 Å². The van der Waals surface area contributed by atoms with Gasteiger partial charge in [-0.1, -0.05) is 12.1 Å². The van der Waals surface area contributed by atoms with E-state index in [1.165, 1.54) is 16.8 Å². The fourth-order valence-electron chi connectivity index (χ4n) is 1.82. The molecule has 0 bridgehead atoms. The average molecular weight is 290 g/mol. The largest absolute Gasteiger partial charge is 0.346 e. The second-order valence-corrected chi connectivity index (χ2v) is 5.60. The van der Waals surface area contributed by atoms with Gasteiger partial charge >= 0.3 is 0 Å². The third-order valence-corrected chi connectivity index (χ3v) is 3.52. The molecule has 21 heavy (non-hydrogen) atoms. The molecule has 1 amide bonds. The summed E-state index contributed by atoms with van der Waals surface area (Å²) in [7, 11) is 0. The summed E-state index contributed by atoms with van der Waals surface area (Å²) in [4.78, 5) is 12.3. The van der Waals surface area contributed by atoms with E-state index in [1.807, 2.05) is 20.8 Å². The highest BCUT2D eigenvalue weighted by Gasteiger charge is 2.23. The minimum atomic E-state index is -0.320. The van der Waals surface area contributed by atoms with Gasteiger partial charge in [0.15, 0.2) is 5.69 Å². The Kier molecular flexibility index (Phi) is 4.06. The Morgan fingerprint density at radius 3 is 2.52 bits per heavy atom. The van der Waals surface area contributed by atoms with E-state index < -0.39 is 0 Å². The van der Waals surface area contributed by atoms with E-state index in [4.69, 9.17) is 0 Å². The molecule has 0 aliphatic carbocycles. The molecule has 1 aromatic heterocycles. The fourth-order valence-corrected chi connectivity index (χ4v) is 1.82. The van der Waals surface area contributed by atoms with Crippen molar-refractivity contribution >= 4 is 5.91 Å². The number of amides is 1. The van der Waals surface area contributed by atoms with Crippen LogP contribution in [0.15, 0.2) is 24.3 Å². The molecule has 112 valence electrons. The highest BCUT2D eigenvalue weighted by Crippen LogP contribution is 2.14. The summed E-state index contributed by atoms with van der Waals surface area (Å²) in [5.41, 5.74) is 1.26. The van der Waals surface area contributed by atoms with E-state index in [0.717, 1.165) is 6.42 Å². The molecule has 1 aromatic carbocycles. The molecule has 0 saturated carbocycles. The lowest BCUT2D eigenvalue weighted by molar-refractivity contribution is 0.0905. The summed E-state index contributed by atoms with van der Waals surface area (Å²) < 4.78 is 14.5. The second-order valence-electron chi connectivity index (χ2n) is 5.60. The average Bonchev–Trinajstić information content (AvgIpc) is 2.81. The third-order valence-electron chi connectivity index (χ3n) is 3.52. The van der Waals surface area contributed by atoms with Gasteiger partial charge < -0.3 is 5.32 Å². The van der Waals surface area contributed by atoms with E-state index >= 15 is 0 Å². The van der Waals surface area contributed by atoms with Crippen molar-refractivity contribution in [1.29, 1.82) is 0 Å². The summed E-state index contributed by atoms with van der Waals surface area (Å²) in [6.45, 7) is 7.66. The molecule has 0 spiro atoms. The Hall–Kier alpha value is -2.24. The number of aromatic nitrogens is 3. The lowest BCUT2D eigenvalue weighted by Gasteiger charge is -2.23. The van der Waals surface area contributed by atoms with Crippen molar-refractivity contribution in [1.82, 2.24) is 20.3 Å². The summed E-state index contributed by atoms with van der Waals surface area (Å²) in [5, 5.41) is 10.8. The van der Waals surface area contributed by atoms with Gasteiger partial charge in [0, 0.05) is 5.54 Å². The predicted octanol–water partition coefficient (Wildman–Crippen LogP) is 2.63. The van der Waals surface area contributed by atoms with Crippen molar-refractivity contribution in [2.24, 2.45) is 0 Å². The number of benzene rings is 1. The fraction of sp³-hybridized carbons (Fsp3) is 0.400. The zero-order valence-corrected chi connectivity index (χ0v) is 12.6. The molecule has 1 N–H and O–H groups in total.